The van der Waals surface area contributed by atoms with E-state index in [0.717, 1.165) is 21.8 Å². The number of benzene rings is 2. The van der Waals surface area contributed by atoms with Crippen molar-refractivity contribution in [1.82, 2.24) is 25.2 Å². The Balaban J connectivity index is 1.35. The second-order valence-corrected chi connectivity index (χ2v) is 8.71. The Kier molecular flexibility index (Phi) is 7.00. The summed E-state index contributed by atoms with van der Waals surface area (Å²) in [6.07, 6.45) is 1.14. The van der Waals surface area contributed by atoms with Gasteiger partial charge in [-0.25, -0.2) is 18.7 Å². The molecule has 0 saturated heterocycles. The minimum absolute atomic E-state index is 0.0378. The summed E-state index contributed by atoms with van der Waals surface area (Å²) in [6.45, 7) is 0.0978. The molecule has 0 saturated carbocycles. The minimum Gasteiger partial charge on any atom is -0.486 e. The van der Waals surface area contributed by atoms with Crippen molar-refractivity contribution in [2.45, 2.75) is 19.5 Å². The Hall–Kier alpha value is -5.13. The number of amides is 2. The molecule has 0 atom stereocenters. The summed E-state index contributed by atoms with van der Waals surface area (Å²) >= 11 is 0. The highest BCUT2D eigenvalue weighted by atomic mass is 19.1. The molecule has 0 bridgehead atoms. The fourth-order valence-electron chi connectivity index (χ4n) is 4.18. The number of aromatic nitrogens is 3. The van der Waals surface area contributed by atoms with Gasteiger partial charge in [0, 0.05) is 31.1 Å². The van der Waals surface area contributed by atoms with Crippen molar-refractivity contribution in [2.75, 3.05) is 13.7 Å². The molecule has 2 N–H and O–H groups in total. The molecule has 0 spiro atoms. The van der Waals surface area contributed by atoms with E-state index in [-0.39, 0.29) is 54.5 Å². The van der Waals surface area contributed by atoms with Gasteiger partial charge >= 0.3 is 5.97 Å². The Labute approximate surface area is 220 Å². The van der Waals surface area contributed by atoms with Crippen LogP contribution in [0, 0.1) is 5.82 Å². The molecule has 198 valence electrons. The zero-order valence-electron chi connectivity index (χ0n) is 20.7. The van der Waals surface area contributed by atoms with Crippen LogP contribution in [-0.4, -0.2) is 51.9 Å². The molecule has 39 heavy (non-hydrogen) atoms. The minimum atomic E-state index is -0.811. The average Bonchev–Trinajstić information content (AvgIpc) is 3.33. The molecule has 2 aromatic heterocycles. The van der Waals surface area contributed by atoms with E-state index >= 15 is 0 Å². The Bertz CT molecular complexity index is 1630. The third-order valence-electron chi connectivity index (χ3n) is 6.11. The maximum atomic E-state index is 14.4. The van der Waals surface area contributed by atoms with Gasteiger partial charge in [-0.15, -0.1) is 0 Å². The summed E-state index contributed by atoms with van der Waals surface area (Å²) in [4.78, 5) is 53.8. The normalized spacial score (nSPS) is 12.4. The summed E-state index contributed by atoms with van der Waals surface area (Å²) in [7, 11) is 1.26. The van der Waals surface area contributed by atoms with Gasteiger partial charge in [0.1, 0.15) is 23.7 Å². The van der Waals surface area contributed by atoms with E-state index in [4.69, 9.17) is 9.47 Å². The molecule has 11 nitrogen and oxygen atoms in total. The maximum Gasteiger partial charge on any atom is 0.338 e. The van der Waals surface area contributed by atoms with Crippen molar-refractivity contribution < 1.29 is 33.0 Å². The van der Waals surface area contributed by atoms with Crippen LogP contribution in [0.3, 0.4) is 0 Å². The topological polar surface area (TPSA) is 141 Å². The second kappa shape index (κ2) is 10.7. The first kappa shape index (κ1) is 25.5. The number of methoxy groups -OCH3 is 1. The lowest BCUT2D eigenvalue weighted by atomic mass is 10.0. The summed E-state index contributed by atoms with van der Waals surface area (Å²) in [5.41, 5.74) is 1.61. The molecular formula is C27H22FN5O6. The van der Waals surface area contributed by atoms with Crippen LogP contribution < -0.4 is 15.4 Å². The number of ketones is 1. The Morgan fingerprint density at radius 1 is 1.08 bits per heavy atom. The van der Waals surface area contributed by atoms with Gasteiger partial charge in [0.15, 0.2) is 17.2 Å². The molecule has 0 fully saturated rings. The number of nitrogens with one attached hydrogen (secondary N) is 2. The molecule has 1 aliphatic rings. The van der Waals surface area contributed by atoms with Crippen LogP contribution in [0.4, 0.5) is 4.39 Å². The number of hydrogen-bond donors (Lipinski definition) is 2. The van der Waals surface area contributed by atoms with Crippen LogP contribution in [0.2, 0.25) is 0 Å². The van der Waals surface area contributed by atoms with Crippen molar-refractivity contribution in [3.63, 3.8) is 0 Å². The van der Waals surface area contributed by atoms with E-state index in [0.29, 0.717) is 11.3 Å². The Morgan fingerprint density at radius 2 is 1.87 bits per heavy atom. The molecule has 1 aliphatic heterocycles. The number of carbonyl (C=O) groups excluding carboxylic acids is 4. The van der Waals surface area contributed by atoms with Gasteiger partial charge in [-0.1, -0.05) is 24.3 Å². The molecule has 0 radical (unpaired) electrons. The molecule has 0 aliphatic carbocycles. The highest BCUT2D eigenvalue weighted by Crippen LogP contribution is 2.24. The third kappa shape index (κ3) is 5.30. The van der Waals surface area contributed by atoms with Crippen LogP contribution in [0.5, 0.6) is 5.75 Å². The lowest BCUT2D eigenvalue weighted by molar-refractivity contribution is -0.121. The largest absolute Gasteiger partial charge is 0.486 e. The number of hydrogen-bond acceptors (Lipinski definition) is 8. The zero-order valence-corrected chi connectivity index (χ0v) is 20.7. The predicted octanol–water partition coefficient (Wildman–Crippen LogP) is 2.02. The molecule has 12 heteroatoms. The van der Waals surface area contributed by atoms with E-state index in [9.17, 15) is 23.6 Å². The first-order valence-corrected chi connectivity index (χ1v) is 11.9. The van der Waals surface area contributed by atoms with Gasteiger partial charge in [-0.2, -0.15) is 5.10 Å². The molecule has 2 amide bonds. The number of fused-ring (bicyclic) bond motifs is 2. The van der Waals surface area contributed by atoms with Crippen LogP contribution in [0.15, 0.2) is 54.7 Å². The summed E-state index contributed by atoms with van der Waals surface area (Å²) in [5, 5.41) is 9.23. The summed E-state index contributed by atoms with van der Waals surface area (Å²) < 4.78 is 25.6. The molecule has 2 aromatic carbocycles. The van der Waals surface area contributed by atoms with Crippen LogP contribution >= 0.6 is 0 Å². The first-order chi connectivity index (χ1) is 18.8. The van der Waals surface area contributed by atoms with E-state index < -0.39 is 23.6 Å². The number of nitrogens with zero attached hydrogens (tertiary/aromatic N) is 3. The number of rotatable bonds is 7. The number of halogens is 1. The predicted molar refractivity (Wildman–Crippen MR) is 134 cm³/mol. The van der Waals surface area contributed by atoms with E-state index in [1.807, 2.05) is 0 Å². The van der Waals surface area contributed by atoms with Crippen molar-refractivity contribution >= 4 is 29.2 Å². The lowest BCUT2D eigenvalue weighted by Crippen LogP contribution is -2.29. The zero-order chi connectivity index (χ0) is 27.5. The standard InChI is InChI=1S/C27H22FN5O6/c1-38-27(37)19-5-3-2-4-16(19)12-30-26(36)22-10-21(32-24-20(28)13-31-33(22)24)25(35)29-11-15-6-7-23-17(8-15)9-18(34)14-39-23/h2-8,10,13H,9,11-12,14H2,1H3,(H,29,35)(H,30,36). The Morgan fingerprint density at radius 3 is 2.69 bits per heavy atom. The highest BCUT2D eigenvalue weighted by molar-refractivity contribution is 5.98. The van der Waals surface area contributed by atoms with Gasteiger partial charge in [-0.05, 0) is 29.3 Å². The van der Waals surface area contributed by atoms with Crippen molar-refractivity contribution in [1.29, 1.82) is 0 Å². The van der Waals surface area contributed by atoms with E-state index in [2.05, 4.69) is 20.7 Å². The van der Waals surface area contributed by atoms with Crippen LogP contribution in [0.25, 0.3) is 5.65 Å². The number of Topliss-reactive ketones (excluding diaryl/α,β-unsaturated/α-hetero) is 1. The van der Waals surface area contributed by atoms with Crippen molar-refractivity contribution in [3.05, 3.63) is 94.2 Å². The molecular weight excluding hydrogens is 509 g/mol. The van der Waals surface area contributed by atoms with E-state index in [1.165, 1.54) is 13.2 Å². The molecule has 4 aromatic rings. The number of esters is 1. The van der Waals surface area contributed by atoms with Gasteiger partial charge in [0.2, 0.25) is 0 Å². The smallest absolute Gasteiger partial charge is 0.338 e. The number of ether oxygens (including phenoxy) is 2. The fraction of sp³-hybridized carbons (Fsp3) is 0.185. The SMILES string of the molecule is COC(=O)c1ccccc1CNC(=O)c1cc(C(=O)NCc2ccc3c(c2)CC(=O)CO3)nc2c(F)cnn12. The van der Waals surface area contributed by atoms with Gasteiger partial charge in [0.25, 0.3) is 11.8 Å². The van der Waals surface area contributed by atoms with Gasteiger partial charge in [-0.3, -0.25) is 14.4 Å². The quantitative estimate of drug-likeness (QED) is 0.345. The highest BCUT2D eigenvalue weighted by Gasteiger charge is 2.21. The summed E-state index contributed by atoms with van der Waals surface area (Å²) in [6, 6.07) is 13.1. The van der Waals surface area contributed by atoms with E-state index in [1.54, 1.807) is 42.5 Å². The van der Waals surface area contributed by atoms with Crippen molar-refractivity contribution in [3.8, 4) is 5.75 Å². The third-order valence-corrected chi connectivity index (χ3v) is 6.11. The average molecular weight is 532 g/mol. The molecule has 0 unspecified atom stereocenters. The number of carbonyl (C=O) groups is 4. The first-order valence-electron chi connectivity index (χ1n) is 11.9. The monoisotopic (exact) mass is 531 g/mol. The van der Waals surface area contributed by atoms with Gasteiger partial charge in [0.05, 0.1) is 18.9 Å². The lowest BCUT2D eigenvalue weighted by Gasteiger charge is -2.17. The molecule has 5 rings (SSSR count). The second-order valence-electron chi connectivity index (χ2n) is 8.71. The fourth-order valence-corrected chi connectivity index (χ4v) is 4.18. The van der Waals surface area contributed by atoms with Gasteiger partial charge < -0.3 is 20.1 Å². The van der Waals surface area contributed by atoms with Crippen LogP contribution in [0.1, 0.15) is 48.0 Å². The van der Waals surface area contributed by atoms with Crippen molar-refractivity contribution in [2.24, 2.45) is 0 Å². The van der Waals surface area contributed by atoms with Crippen LogP contribution in [-0.2, 0) is 29.0 Å². The summed E-state index contributed by atoms with van der Waals surface area (Å²) in [5.74, 6) is -2.10. The maximum absolute atomic E-state index is 14.4. The molecule has 3 heterocycles.